The molecular formula is C28H33N3O5S. The molecule has 0 aliphatic rings. The number of ether oxygens (including phenoxy) is 1. The summed E-state index contributed by atoms with van der Waals surface area (Å²) in [6.45, 7) is 1.54. The van der Waals surface area contributed by atoms with Crippen LogP contribution in [-0.4, -0.2) is 63.2 Å². The van der Waals surface area contributed by atoms with Gasteiger partial charge >= 0.3 is 0 Å². The highest BCUT2D eigenvalue weighted by molar-refractivity contribution is 7.89. The van der Waals surface area contributed by atoms with Crippen molar-refractivity contribution in [2.45, 2.75) is 30.8 Å². The maximum absolute atomic E-state index is 13.7. The minimum atomic E-state index is -3.91. The second kappa shape index (κ2) is 12.5. The molecule has 0 bridgehead atoms. The van der Waals surface area contributed by atoms with Gasteiger partial charge in [0, 0.05) is 27.1 Å². The van der Waals surface area contributed by atoms with E-state index in [0.717, 1.165) is 21.0 Å². The van der Waals surface area contributed by atoms with Gasteiger partial charge in [-0.25, -0.2) is 8.42 Å². The lowest BCUT2D eigenvalue weighted by Crippen LogP contribution is -2.52. The van der Waals surface area contributed by atoms with E-state index in [4.69, 9.17) is 4.74 Å². The van der Waals surface area contributed by atoms with Crippen LogP contribution in [0.4, 0.5) is 0 Å². The molecular weight excluding hydrogens is 490 g/mol. The summed E-state index contributed by atoms with van der Waals surface area (Å²) < 4.78 is 32.6. The van der Waals surface area contributed by atoms with Gasteiger partial charge in [-0.2, -0.15) is 4.31 Å². The summed E-state index contributed by atoms with van der Waals surface area (Å²) in [7, 11) is 0.519. The number of likely N-dealkylation sites (N-methyl/N-ethyl adjacent to an activating group) is 2. The number of methoxy groups -OCH3 is 1. The Labute approximate surface area is 218 Å². The maximum atomic E-state index is 13.7. The van der Waals surface area contributed by atoms with Crippen molar-refractivity contribution in [3.05, 3.63) is 95.6 Å². The molecule has 9 heteroatoms. The van der Waals surface area contributed by atoms with Crippen LogP contribution in [0.2, 0.25) is 0 Å². The number of nitrogens with one attached hydrogen (secondary N) is 1. The quantitative estimate of drug-likeness (QED) is 0.417. The molecule has 1 atom stereocenters. The highest BCUT2D eigenvalue weighted by Gasteiger charge is 2.32. The highest BCUT2D eigenvalue weighted by atomic mass is 32.2. The van der Waals surface area contributed by atoms with E-state index < -0.39 is 28.5 Å². The van der Waals surface area contributed by atoms with E-state index in [0.29, 0.717) is 5.75 Å². The van der Waals surface area contributed by atoms with Crippen LogP contribution in [0.15, 0.2) is 83.8 Å². The predicted molar refractivity (Wildman–Crippen MR) is 143 cm³/mol. The number of amides is 2. The number of hydrogen-bond acceptors (Lipinski definition) is 5. The predicted octanol–water partition coefficient (Wildman–Crippen LogP) is 3.01. The van der Waals surface area contributed by atoms with Crippen LogP contribution in [0.5, 0.6) is 5.75 Å². The van der Waals surface area contributed by atoms with Gasteiger partial charge in [0.05, 0.1) is 18.6 Å². The average Bonchev–Trinajstić information content (AvgIpc) is 2.91. The Morgan fingerprint density at radius 3 is 2.22 bits per heavy atom. The molecule has 0 spiro atoms. The molecule has 1 N–H and O–H groups in total. The van der Waals surface area contributed by atoms with Crippen LogP contribution in [0.1, 0.15) is 16.7 Å². The number of sulfonamides is 1. The van der Waals surface area contributed by atoms with Crippen LogP contribution in [0, 0.1) is 6.92 Å². The fourth-order valence-corrected chi connectivity index (χ4v) is 5.06. The lowest BCUT2D eigenvalue weighted by atomic mass is 10.0. The number of hydrogen-bond donors (Lipinski definition) is 1. The van der Waals surface area contributed by atoms with Gasteiger partial charge in [0.2, 0.25) is 21.8 Å². The summed E-state index contributed by atoms with van der Waals surface area (Å²) in [4.78, 5) is 28.3. The van der Waals surface area contributed by atoms with Crippen molar-refractivity contribution in [2.75, 3.05) is 27.7 Å². The van der Waals surface area contributed by atoms with Gasteiger partial charge in [-0.05, 0) is 42.3 Å². The molecule has 196 valence electrons. The maximum Gasteiger partial charge on any atom is 0.243 e. The van der Waals surface area contributed by atoms with Crippen molar-refractivity contribution in [3.63, 3.8) is 0 Å². The van der Waals surface area contributed by atoms with E-state index in [1.54, 1.807) is 37.4 Å². The zero-order valence-corrected chi connectivity index (χ0v) is 22.4. The van der Waals surface area contributed by atoms with E-state index in [2.05, 4.69) is 5.32 Å². The lowest BCUT2D eigenvalue weighted by Gasteiger charge is -2.32. The second-order valence-electron chi connectivity index (χ2n) is 8.77. The number of carbonyl (C=O) groups is 2. The van der Waals surface area contributed by atoms with Gasteiger partial charge in [-0.1, -0.05) is 60.2 Å². The Hall–Kier alpha value is -3.69. The van der Waals surface area contributed by atoms with E-state index >= 15 is 0 Å². The first-order chi connectivity index (χ1) is 17.6. The third-order valence-electron chi connectivity index (χ3n) is 6.09. The average molecular weight is 524 g/mol. The number of aryl methyl sites for hydroxylation is 1. The largest absolute Gasteiger partial charge is 0.497 e. The molecule has 3 rings (SSSR count). The third-order valence-corrected chi connectivity index (χ3v) is 7.91. The highest BCUT2D eigenvalue weighted by Crippen LogP contribution is 2.20. The standard InChI is InChI=1S/C28H33N3O5S/c1-21-13-15-25(16-14-21)37(34,35)30(3)20-27(32)31(19-23-11-8-12-24(17-23)36-4)26(28(33)29-2)18-22-9-6-5-7-10-22/h5-17,26H,18-20H2,1-4H3,(H,29,33)/t26-/m1/s1. The zero-order chi connectivity index (χ0) is 27.0. The second-order valence-corrected chi connectivity index (χ2v) is 10.8. The minimum Gasteiger partial charge on any atom is -0.497 e. The van der Waals surface area contributed by atoms with Crippen molar-refractivity contribution in [1.29, 1.82) is 0 Å². The van der Waals surface area contributed by atoms with Gasteiger partial charge in [0.15, 0.2) is 0 Å². The normalized spacial score (nSPS) is 12.1. The van der Waals surface area contributed by atoms with Crippen molar-refractivity contribution < 1.29 is 22.7 Å². The molecule has 0 aliphatic carbocycles. The molecule has 0 aliphatic heterocycles. The van der Waals surface area contributed by atoms with Crippen LogP contribution < -0.4 is 10.1 Å². The number of benzene rings is 3. The van der Waals surface area contributed by atoms with Crippen LogP contribution in [-0.2, 0) is 32.6 Å². The van der Waals surface area contributed by atoms with E-state index in [9.17, 15) is 18.0 Å². The van der Waals surface area contributed by atoms with Gasteiger partial charge in [-0.3, -0.25) is 9.59 Å². The van der Waals surface area contributed by atoms with Gasteiger partial charge in [0.1, 0.15) is 11.8 Å². The number of carbonyl (C=O) groups excluding carboxylic acids is 2. The number of rotatable bonds is 11. The lowest BCUT2D eigenvalue weighted by molar-refractivity contribution is -0.141. The first-order valence-electron chi connectivity index (χ1n) is 11.9. The fourth-order valence-electron chi connectivity index (χ4n) is 3.94. The molecule has 3 aromatic carbocycles. The smallest absolute Gasteiger partial charge is 0.243 e. The molecule has 0 aromatic heterocycles. The first-order valence-corrected chi connectivity index (χ1v) is 13.3. The van der Waals surface area contributed by atoms with E-state index in [-0.39, 0.29) is 23.8 Å². The fraction of sp³-hybridized carbons (Fsp3) is 0.286. The summed E-state index contributed by atoms with van der Waals surface area (Å²) in [5.74, 6) is -0.224. The molecule has 0 saturated heterocycles. The third kappa shape index (κ3) is 7.18. The molecule has 8 nitrogen and oxygen atoms in total. The van der Waals surface area contributed by atoms with Crippen LogP contribution in [0.3, 0.4) is 0 Å². The molecule has 0 heterocycles. The van der Waals surface area contributed by atoms with Crippen molar-refractivity contribution in [1.82, 2.24) is 14.5 Å². The van der Waals surface area contributed by atoms with Crippen LogP contribution >= 0.6 is 0 Å². The molecule has 0 saturated carbocycles. The topological polar surface area (TPSA) is 96.0 Å². The monoisotopic (exact) mass is 523 g/mol. The molecule has 3 aromatic rings. The number of nitrogens with zero attached hydrogens (tertiary/aromatic N) is 2. The Morgan fingerprint density at radius 2 is 1.59 bits per heavy atom. The van der Waals surface area contributed by atoms with Gasteiger partial charge in [-0.15, -0.1) is 0 Å². The summed E-state index contributed by atoms with van der Waals surface area (Å²) in [5, 5.41) is 2.65. The molecule has 37 heavy (non-hydrogen) atoms. The minimum absolute atomic E-state index is 0.0966. The molecule has 2 amide bonds. The Morgan fingerprint density at radius 1 is 0.946 bits per heavy atom. The van der Waals surface area contributed by atoms with Crippen molar-refractivity contribution in [3.8, 4) is 5.75 Å². The molecule has 0 unspecified atom stereocenters. The Bertz CT molecular complexity index is 1310. The van der Waals surface area contributed by atoms with Crippen molar-refractivity contribution in [2.24, 2.45) is 0 Å². The summed E-state index contributed by atoms with van der Waals surface area (Å²) in [6, 6.07) is 22.2. The Balaban J connectivity index is 1.95. The van der Waals surface area contributed by atoms with Gasteiger partial charge < -0.3 is 15.0 Å². The summed E-state index contributed by atoms with van der Waals surface area (Å²) in [5.41, 5.74) is 2.55. The molecule has 0 radical (unpaired) electrons. The summed E-state index contributed by atoms with van der Waals surface area (Å²) in [6.07, 6.45) is 0.269. The summed E-state index contributed by atoms with van der Waals surface area (Å²) >= 11 is 0. The molecule has 0 fully saturated rings. The van der Waals surface area contributed by atoms with Crippen molar-refractivity contribution >= 4 is 21.8 Å². The zero-order valence-electron chi connectivity index (χ0n) is 21.5. The Kier molecular flexibility index (Phi) is 9.43. The van der Waals surface area contributed by atoms with E-state index in [1.807, 2.05) is 43.3 Å². The SMILES string of the molecule is CNC(=O)[C@@H](Cc1ccccc1)N(Cc1cccc(OC)c1)C(=O)CN(C)S(=O)(=O)c1ccc(C)cc1. The van der Waals surface area contributed by atoms with E-state index in [1.165, 1.54) is 31.1 Å². The van der Waals surface area contributed by atoms with Crippen LogP contribution in [0.25, 0.3) is 0 Å². The van der Waals surface area contributed by atoms with Gasteiger partial charge in [0.25, 0.3) is 0 Å². The first kappa shape index (κ1) is 27.9.